The molecule has 1 aliphatic rings. The van der Waals surface area contributed by atoms with Crippen LogP contribution >= 0.6 is 11.3 Å². The van der Waals surface area contributed by atoms with Gasteiger partial charge in [-0.3, -0.25) is 5.01 Å². The molecule has 1 unspecified atom stereocenters. The second-order valence-electron chi connectivity index (χ2n) is 8.64. The van der Waals surface area contributed by atoms with Gasteiger partial charge in [0.2, 0.25) is 0 Å². The van der Waals surface area contributed by atoms with E-state index in [-0.39, 0.29) is 6.04 Å². The zero-order chi connectivity index (χ0) is 24.3. The molecule has 0 amide bonds. The van der Waals surface area contributed by atoms with Gasteiger partial charge in [-0.15, -0.1) is 11.3 Å². The molecule has 4 aromatic carbocycles. The monoisotopic (exact) mass is 482 g/mol. The van der Waals surface area contributed by atoms with E-state index in [0.29, 0.717) is 5.57 Å². The molecular formula is C31H22N4S. The van der Waals surface area contributed by atoms with Gasteiger partial charge in [-0.25, -0.2) is 4.98 Å². The van der Waals surface area contributed by atoms with E-state index in [1.54, 1.807) is 11.3 Å². The highest BCUT2D eigenvalue weighted by molar-refractivity contribution is 7.19. The molecule has 0 saturated carbocycles. The van der Waals surface area contributed by atoms with Crippen LogP contribution in [0.3, 0.4) is 0 Å². The Labute approximate surface area is 214 Å². The Morgan fingerprint density at radius 1 is 0.861 bits per heavy atom. The summed E-state index contributed by atoms with van der Waals surface area (Å²) in [6.07, 6.45) is 2.74. The predicted molar refractivity (Wildman–Crippen MR) is 149 cm³/mol. The number of fused-ring (bicyclic) bond motifs is 1. The zero-order valence-corrected chi connectivity index (χ0v) is 20.3. The molecule has 172 valence electrons. The van der Waals surface area contributed by atoms with Crippen molar-refractivity contribution in [3.05, 3.63) is 131 Å². The van der Waals surface area contributed by atoms with Gasteiger partial charge in [0.15, 0.2) is 0 Å². The molecule has 0 fully saturated rings. The molecule has 0 N–H and O–H groups in total. The lowest BCUT2D eigenvalue weighted by Gasteiger charge is -2.24. The summed E-state index contributed by atoms with van der Waals surface area (Å²) in [6.45, 7) is 0. The molecule has 36 heavy (non-hydrogen) atoms. The largest absolute Gasteiger partial charge is 0.257 e. The van der Waals surface area contributed by atoms with Crippen LogP contribution in [0.2, 0.25) is 0 Å². The van der Waals surface area contributed by atoms with Gasteiger partial charge in [0, 0.05) is 6.42 Å². The molecule has 5 heteroatoms. The summed E-state index contributed by atoms with van der Waals surface area (Å²) >= 11 is 1.54. The van der Waals surface area contributed by atoms with E-state index < -0.39 is 0 Å². The summed E-state index contributed by atoms with van der Waals surface area (Å²) in [5, 5.41) is 17.7. The van der Waals surface area contributed by atoms with Gasteiger partial charge in [0.05, 0.1) is 33.2 Å². The summed E-state index contributed by atoms with van der Waals surface area (Å²) in [5.74, 6) is 0. The number of para-hydroxylation sites is 1. The summed E-state index contributed by atoms with van der Waals surface area (Å²) in [7, 11) is 0. The van der Waals surface area contributed by atoms with Gasteiger partial charge in [0.1, 0.15) is 11.1 Å². The van der Waals surface area contributed by atoms with Crippen molar-refractivity contribution in [3.8, 4) is 6.07 Å². The molecule has 0 radical (unpaired) electrons. The van der Waals surface area contributed by atoms with Crippen molar-refractivity contribution in [1.82, 2.24) is 4.98 Å². The Morgan fingerprint density at radius 2 is 1.56 bits per heavy atom. The second kappa shape index (κ2) is 9.61. The zero-order valence-electron chi connectivity index (χ0n) is 19.5. The van der Waals surface area contributed by atoms with E-state index in [1.807, 2.05) is 54.6 Å². The minimum Gasteiger partial charge on any atom is -0.257 e. The van der Waals surface area contributed by atoms with Crippen molar-refractivity contribution in [2.24, 2.45) is 5.10 Å². The minimum absolute atomic E-state index is 0.125. The van der Waals surface area contributed by atoms with Crippen molar-refractivity contribution in [1.29, 1.82) is 5.26 Å². The number of rotatable bonds is 5. The van der Waals surface area contributed by atoms with E-state index in [1.165, 1.54) is 5.56 Å². The summed E-state index contributed by atoms with van der Waals surface area (Å²) < 4.78 is 1.08. The third-order valence-electron chi connectivity index (χ3n) is 6.32. The SMILES string of the molecule is N#CC(=Cc1ccc(N2N=C(c3ccccc3)CC2c2ccccc2)cc1)c1nc2ccccc2s1. The van der Waals surface area contributed by atoms with E-state index in [4.69, 9.17) is 5.10 Å². The number of thiazole rings is 1. The number of nitrogens with zero attached hydrogens (tertiary/aromatic N) is 4. The number of allylic oxidation sites excluding steroid dienone is 1. The highest BCUT2D eigenvalue weighted by Gasteiger charge is 2.29. The van der Waals surface area contributed by atoms with Gasteiger partial charge in [-0.2, -0.15) is 10.4 Å². The van der Waals surface area contributed by atoms with Crippen LogP contribution in [-0.2, 0) is 0 Å². The standard InChI is InChI=1S/C31H22N4S/c32-21-25(31-33-27-13-7-8-14-30(27)36-31)19-22-15-17-26(18-16-22)35-29(24-11-5-2-6-12-24)20-28(34-35)23-9-3-1-4-10-23/h1-19,29H,20H2. The predicted octanol–water partition coefficient (Wildman–Crippen LogP) is 7.72. The summed E-state index contributed by atoms with van der Waals surface area (Å²) in [5.41, 5.74) is 6.92. The number of hydrazone groups is 1. The normalized spacial score (nSPS) is 15.6. The van der Waals surface area contributed by atoms with Crippen molar-refractivity contribution < 1.29 is 0 Å². The molecule has 0 spiro atoms. The number of benzene rings is 4. The van der Waals surface area contributed by atoms with Crippen LogP contribution in [0.15, 0.2) is 114 Å². The first-order valence-corrected chi connectivity index (χ1v) is 12.6. The van der Waals surface area contributed by atoms with E-state index in [0.717, 1.165) is 44.2 Å². The summed E-state index contributed by atoms with van der Waals surface area (Å²) in [4.78, 5) is 4.64. The quantitative estimate of drug-likeness (QED) is 0.241. The molecule has 0 aliphatic carbocycles. The third kappa shape index (κ3) is 4.31. The Bertz CT molecular complexity index is 1580. The number of nitriles is 1. The molecule has 0 saturated heterocycles. The number of hydrogen-bond acceptors (Lipinski definition) is 5. The van der Waals surface area contributed by atoms with Crippen LogP contribution in [0.4, 0.5) is 5.69 Å². The lowest BCUT2D eigenvalue weighted by Crippen LogP contribution is -2.18. The first-order valence-electron chi connectivity index (χ1n) is 11.8. The Morgan fingerprint density at radius 3 is 2.28 bits per heavy atom. The Hall–Kier alpha value is -4.53. The van der Waals surface area contributed by atoms with Gasteiger partial charge < -0.3 is 0 Å². The van der Waals surface area contributed by atoms with Crippen LogP contribution in [0.1, 0.15) is 34.2 Å². The lowest BCUT2D eigenvalue weighted by atomic mass is 9.98. The molecule has 2 heterocycles. The molecule has 5 aromatic rings. The molecule has 6 rings (SSSR count). The average molecular weight is 483 g/mol. The Kier molecular flexibility index (Phi) is 5.87. The van der Waals surface area contributed by atoms with Crippen molar-refractivity contribution in [2.75, 3.05) is 5.01 Å². The topological polar surface area (TPSA) is 52.3 Å². The molecule has 1 atom stereocenters. The highest BCUT2D eigenvalue weighted by Crippen LogP contribution is 2.37. The Balaban J connectivity index is 1.32. The molecule has 0 bridgehead atoms. The fourth-order valence-corrected chi connectivity index (χ4v) is 5.44. The van der Waals surface area contributed by atoms with Gasteiger partial charge in [-0.05, 0) is 47.0 Å². The minimum atomic E-state index is 0.125. The highest BCUT2D eigenvalue weighted by atomic mass is 32.1. The van der Waals surface area contributed by atoms with Crippen LogP contribution in [0, 0.1) is 11.3 Å². The maximum absolute atomic E-state index is 9.81. The first kappa shape index (κ1) is 22.0. The van der Waals surface area contributed by atoms with Crippen LogP contribution in [0.5, 0.6) is 0 Å². The average Bonchev–Trinajstić information content (AvgIpc) is 3.58. The third-order valence-corrected chi connectivity index (χ3v) is 7.38. The maximum atomic E-state index is 9.81. The smallest absolute Gasteiger partial charge is 0.135 e. The summed E-state index contributed by atoms with van der Waals surface area (Å²) in [6, 6.07) is 39.5. The fraction of sp³-hybridized carbons (Fsp3) is 0.0645. The van der Waals surface area contributed by atoms with Crippen molar-refractivity contribution in [3.63, 3.8) is 0 Å². The molecule has 1 aliphatic heterocycles. The fourth-order valence-electron chi connectivity index (χ4n) is 4.51. The first-order chi connectivity index (χ1) is 17.8. The molecular weight excluding hydrogens is 460 g/mol. The van der Waals surface area contributed by atoms with Gasteiger partial charge in [-0.1, -0.05) is 84.9 Å². The van der Waals surface area contributed by atoms with Crippen molar-refractivity contribution >= 4 is 44.6 Å². The lowest BCUT2D eigenvalue weighted by molar-refractivity contribution is 0.709. The van der Waals surface area contributed by atoms with E-state index >= 15 is 0 Å². The van der Waals surface area contributed by atoms with Gasteiger partial charge in [0.25, 0.3) is 0 Å². The van der Waals surface area contributed by atoms with Gasteiger partial charge >= 0.3 is 0 Å². The second-order valence-corrected chi connectivity index (χ2v) is 9.67. The maximum Gasteiger partial charge on any atom is 0.135 e. The molecule has 1 aromatic heterocycles. The van der Waals surface area contributed by atoms with Crippen LogP contribution < -0.4 is 5.01 Å². The van der Waals surface area contributed by atoms with Crippen molar-refractivity contribution in [2.45, 2.75) is 12.5 Å². The van der Waals surface area contributed by atoms with E-state index in [2.05, 4.69) is 76.7 Å². The molecule has 4 nitrogen and oxygen atoms in total. The van der Waals surface area contributed by atoms with E-state index in [9.17, 15) is 5.26 Å². The van der Waals surface area contributed by atoms with Crippen LogP contribution in [-0.4, -0.2) is 10.7 Å². The number of hydrogen-bond donors (Lipinski definition) is 0. The number of aromatic nitrogens is 1. The van der Waals surface area contributed by atoms with Crippen LogP contribution in [0.25, 0.3) is 21.9 Å². The number of anilines is 1.